The Labute approximate surface area is 378 Å². The van der Waals surface area contributed by atoms with E-state index in [1.165, 1.54) is 135 Å². The number of aliphatic hydroxyl groups is 2. The fourth-order valence-electron chi connectivity index (χ4n) is 7.76. The number of allylic oxidation sites excluding steroid dienone is 10. The minimum absolute atomic E-state index is 0.0503. The van der Waals surface area contributed by atoms with Crippen molar-refractivity contribution in [3.8, 4) is 0 Å². The Balaban J connectivity index is 4.68. The number of unbranched alkanes of at least 4 members (excludes halogenated alkanes) is 28. The molecule has 6 heteroatoms. The molecule has 0 spiro atoms. The molecule has 3 atom stereocenters. The molecule has 0 aliphatic rings. The zero-order valence-electron chi connectivity index (χ0n) is 40.3. The Morgan fingerprint density at radius 2 is 0.869 bits per heavy atom. The number of hydrogen-bond acceptors (Lipinski definition) is 5. The van der Waals surface area contributed by atoms with E-state index in [9.17, 15) is 19.8 Å². The number of amides is 1. The van der Waals surface area contributed by atoms with Crippen LogP contribution in [0, 0.1) is 0 Å². The van der Waals surface area contributed by atoms with Gasteiger partial charge in [-0.15, -0.1) is 0 Å². The number of carbonyl (C=O) groups is 2. The molecule has 0 saturated carbocycles. The van der Waals surface area contributed by atoms with E-state index in [4.69, 9.17) is 4.74 Å². The number of carbonyl (C=O) groups excluding carboxylic acids is 2. The lowest BCUT2D eigenvalue weighted by atomic mass is 10.0. The summed E-state index contributed by atoms with van der Waals surface area (Å²) < 4.78 is 5.92. The van der Waals surface area contributed by atoms with E-state index >= 15 is 0 Å². The van der Waals surface area contributed by atoms with Gasteiger partial charge in [0.15, 0.2) is 0 Å². The van der Waals surface area contributed by atoms with Gasteiger partial charge in [-0.25, -0.2) is 0 Å². The van der Waals surface area contributed by atoms with Gasteiger partial charge < -0.3 is 20.3 Å². The van der Waals surface area contributed by atoms with E-state index in [2.05, 4.69) is 50.4 Å². The maximum absolute atomic E-state index is 13.2. The second kappa shape index (κ2) is 48.6. The Morgan fingerprint density at radius 1 is 0.475 bits per heavy atom. The van der Waals surface area contributed by atoms with Crippen molar-refractivity contribution in [3.63, 3.8) is 0 Å². The third-order valence-electron chi connectivity index (χ3n) is 11.7. The van der Waals surface area contributed by atoms with Crippen molar-refractivity contribution in [2.24, 2.45) is 0 Å². The molecule has 3 N–H and O–H groups in total. The number of hydrogen-bond donors (Lipinski definition) is 3. The van der Waals surface area contributed by atoms with E-state index in [1.807, 2.05) is 36.5 Å². The lowest BCUT2D eigenvalue weighted by Crippen LogP contribution is -2.46. The molecule has 0 aromatic heterocycles. The van der Waals surface area contributed by atoms with E-state index in [0.717, 1.165) is 70.6 Å². The van der Waals surface area contributed by atoms with Crippen LogP contribution >= 0.6 is 0 Å². The summed E-state index contributed by atoms with van der Waals surface area (Å²) >= 11 is 0. The van der Waals surface area contributed by atoms with Gasteiger partial charge in [0.25, 0.3) is 0 Å². The molecular weight excluding hydrogens is 755 g/mol. The monoisotopic (exact) mass is 854 g/mol. The van der Waals surface area contributed by atoms with Gasteiger partial charge in [0.2, 0.25) is 5.91 Å². The van der Waals surface area contributed by atoms with Crippen molar-refractivity contribution < 1.29 is 24.5 Å². The highest BCUT2D eigenvalue weighted by Gasteiger charge is 2.24. The Morgan fingerprint density at radius 3 is 1.33 bits per heavy atom. The van der Waals surface area contributed by atoms with E-state index < -0.39 is 18.2 Å². The van der Waals surface area contributed by atoms with Gasteiger partial charge in [-0.2, -0.15) is 0 Å². The first-order valence-electron chi connectivity index (χ1n) is 26.1. The Kier molecular flexibility index (Phi) is 46.6. The van der Waals surface area contributed by atoms with Gasteiger partial charge in [-0.3, -0.25) is 9.59 Å². The average molecular weight is 854 g/mol. The molecule has 0 heterocycles. The van der Waals surface area contributed by atoms with Gasteiger partial charge in [0.05, 0.1) is 25.2 Å². The second-order valence-electron chi connectivity index (χ2n) is 17.7. The number of aliphatic hydroxyl groups excluding tert-OH is 2. The molecule has 0 fully saturated rings. The van der Waals surface area contributed by atoms with Gasteiger partial charge in [0, 0.05) is 6.42 Å². The highest BCUT2D eigenvalue weighted by Crippen LogP contribution is 2.18. The zero-order valence-corrected chi connectivity index (χ0v) is 40.3. The summed E-state index contributed by atoms with van der Waals surface area (Å²) in [6.45, 7) is 6.39. The van der Waals surface area contributed by atoms with Crippen LogP contribution < -0.4 is 5.32 Å². The van der Waals surface area contributed by atoms with Crippen LogP contribution in [-0.2, 0) is 14.3 Å². The Bertz CT molecular complexity index is 1090. The summed E-state index contributed by atoms with van der Waals surface area (Å²) in [7, 11) is 0. The van der Waals surface area contributed by atoms with Crippen LogP contribution in [0.1, 0.15) is 252 Å². The zero-order chi connectivity index (χ0) is 44.5. The molecular formula is C55H99NO5. The summed E-state index contributed by atoms with van der Waals surface area (Å²) in [6.07, 6.45) is 59.9. The molecule has 6 nitrogen and oxygen atoms in total. The molecule has 0 aromatic rings. The van der Waals surface area contributed by atoms with Crippen LogP contribution in [0.15, 0.2) is 60.8 Å². The van der Waals surface area contributed by atoms with Gasteiger partial charge in [-0.05, 0) is 44.9 Å². The van der Waals surface area contributed by atoms with E-state index in [0.29, 0.717) is 19.3 Å². The SMILES string of the molecule is CCC/C=C/C=C/C=C/C=C/C=C/CCCCCC(CC(=O)NC(CO)C(O)CCCCCCCCCCCCCC)OC(=O)CCCCCCCCCCCCCCCC. The molecule has 1 amide bonds. The fraction of sp³-hybridized carbons (Fsp3) is 0.782. The molecule has 0 bridgehead atoms. The number of nitrogens with one attached hydrogen (secondary N) is 1. The summed E-state index contributed by atoms with van der Waals surface area (Å²) in [5.41, 5.74) is 0. The van der Waals surface area contributed by atoms with Crippen LogP contribution in [0.25, 0.3) is 0 Å². The lowest BCUT2D eigenvalue weighted by Gasteiger charge is -2.24. The van der Waals surface area contributed by atoms with E-state index in [-0.39, 0.29) is 24.9 Å². The van der Waals surface area contributed by atoms with Gasteiger partial charge in [0.1, 0.15) is 6.10 Å². The van der Waals surface area contributed by atoms with Gasteiger partial charge in [-0.1, -0.05) is 255 Å². The summed E-state index contributed by atoms with van der Waals surface area (Å²) in [4.78, 5) is 26.1. The minimum Gasteiger partial charge on any atom is -0.462 e. The van der Waals surface area contributed by atoms with Crippen molar-refractivity contribution in [2.45, 2.75) is 270 Å². The normalized spacial score (nSPS) is 13.7. The topological polar surface area (TPSA) is 95.9 Å². The number of esters is 1. The van der Waals surface area contributed by atoms with Gasteiger partial charge >= 0.3 is 5.97 Å². The van der Waals surface area contributed by atoms with Crippen LogP contribution in [0.5, 0.6) is 0 Å². The smallest absolute Gasteiger partial charge is 0.306 e. The number of ether oxygens (including phenoxy) is 1. The molecule has 61 heavy (non-hydrogen) atoms. The highest BCUT2D eigenvalue weighted by molar-refractivity contribution is 5.77. The van der Waals surface area contributed by atoms with Crippen LogP contribution in [-0.4, -0.2) is 46.9 Å². The summed E-state index contributed by atoms with van der Waals surface area (Å²) in [5, 5.41) is 23.8. The second-order valence-corrected chi connectivity index (χ2v) is 17.7. The quantitative estimate of drug-likeness (QED) is 0.0322. The molecule has 0 aliphatic heterocycles. The first-order valence-corrected chi connectivity index (χ1v) is 26.1. The summed E-state index contributed by atoms with van der Waals surface area (Å²) in [6, 6.07) is -0.715. The van der Waals surface area contributed by atoms with Crippen LogP contribution in [0.4, 0.5) is 0 Å². The maximum Gasteiger partial charge on any atom is 0.306 e. The molecule has 0 radical (unpaired) electrons. The number of rotatable bonds is 46. The lowest BCUT2D eigenvalue weighted by molar-refractivity contribution is -0.151. The van der Waals surface area contributed by atoms with E-state index in [1.54, 1.807) is 0 Å². The standard InChI is InChI=1S/C55H99NO5/c1-4-7-10-13-16-19-22-25-27-28-29-31-34-37-40-43-46-51(61-55(60)48-45-42-39-36-33-30-26-23-20-17-14-11-8-5-2)49-54(59)56-52(50-57)53(58)47-44-41-38-35-32-24-21-18-15-12-9-6-3/h10,13,16,19,22,25,27-29,31,51-53,57-58H,4-9,11-12,14-15,17-18,20-21,23-24,26,30,32-50H2,1-3H3,(H,56,59)/b13-10+,19-16+,25-22+,28-27+,31-29+. The summed E-state index contributed by atoms with van der Waals surface area (Å²) in [5.74, 6) is -0.510. The third kappa shape index (κ3) is 44.0. The Hall–Kier alpha value is -2.44. The molecule has 3 unspecified atom stereocenters. The molecule has 354 valence electrons. The molecule has 0 saturated heterocycles. The predicted molar refractivity (Wildman–Crippen MR) is 264 cm³/mol. The molecule has 0 rings (SSSR count). The van der Waals surface area contributed by atoms with Crippen molar-refractivity contribution in [1.29, 1.82) is 0 Å². The first kappa shape index (κ1) is 58.6. The molecule has 0 aromatic carbocycles. The van der Waals surface area contributed by atoms with Crippen molar-refractivity contribution >= 4 is 11.9 Å². The maximum atomic E-state index is 13.2. The minimum atomic E-state index is -0.799. The van der Waals surface area contributed by atoms with Crippen molar-refractivity contribution in [1.82, 2.24) is 5.32 Å². The highest BCUT2D eigenvalue weighted by atomic mass is 16.5. The third-order valence-corrected chi connectivity index (χ3v) is 11.7. The molecule has 0 aliphatic carbocycles. The van der Waals surface area contributed by atoms with Crippen LogP contribution in [0.3, 0.4) is 0 Å². The average Bonchev–Trinajstić information content (AvgIpc) is 3.25. The van der Waals surface area contributed by atoms with Crippen molar-refractivity contribution in [3.05, 3.63) is 60.8 Å². The van der Waals surface area contributed by atoms with Crippen LogP contribution in [0.2, 0.25) is 0 Å². The largest absolute Gasteiger partial charge is 0.462 e. The predicted octanol–water partition coefficient (Wildman–Crippen LogP) is 15.6. The van der Waals surface area contributed by atoms with Crippen molar-refractivity contribution in [2.75, 3.05) is 6.61 Å². The first-order chi connectivity index (χ1) is 30.0. The fourth-order valence-corrected chi connectivity index (χ4v) is 7.76.